The molecule has 1 heterocycles. The predicted molar refractivity (Wildman–Crippen MR) is 66.3 cm³/mol. The molecule has 1 rings (SSSR count). The average Bonchev–Trinajstić information content (AvgIpc) is 2.16. The van der Waals surface area contributed by atoms with Gasteiger partial charge in [-0.3, -0.25) is 0 Å². The maximum atomic E-state index is 11.8. The van der Waals surface area contributed by atoms with Crippen LogP contribution in [0.3, 0.4) is 0 Å². The van der Waals surface area contributed by atoms with Gasteiger partial charge in [0, 0.05) is 18.7 Å². The van der Waals surface area contributed by atoms with Crippen molar-refractivity contribution >= 4 is 22.4 Å². The first-order valence-corrected chi connectivity index (χ1v) is 6.71. The number of rotatable bonds is 4. The summed E-state index contributed by atoms with van der Waals surface area (Å²) in [5.74, 6) is 0. The van der Waals surface area contributed by atoms with Gasteiger partial charge in [0.15, 0.2) is 0 Å². The summed E-state index contributed by atoms with van der Waals surface area (Å²) in [6.07, 6.45) is 1.47. The van der Waals surface area contributed by atoms with Crippen molar-refractivity contribution in [2.75, 3.05) is 19.8 Å². The third-order valence-corrected chi connectivity index (χ3v) is 4.08. The van der Waals surface area contributed by atoms with Gasteiger partial charge in [-0.15, -0.1) is 12.4 Å². The predicted octanol–water partition coefficient (Wildman–Crippen LogP) is 0.244. The third kappa shape index (κ3) is 5.45. The van der Waals surface area contributed by atoms with Crippen molar-refractivity contribution in [2.24, 2.45) is 5.73 Å². The van der Waals surface area contributed by atoms with E-state index in [1.807, 2.05) is 0 Å². The molecule has 98 valence electrons. The minimum Gasteiger partial charge on any atom is -0.380 e. The van der Waals surface area contributed by atoms with Crippen LogP contribution in [0.4, 0.5) is 0 Å². The summed E-state index contributed by atoms with van der Waals surface area (Å²) in [4.78, 5) is 0. The van der Waals surface area contributed by atoms with Gasteiger partial charge < -0.3 is 10.5 Å². The second kappa shape index (κ2) is 6.16. The topological polar surface area (TPSA) is 81.4 Å². The molecule has 1 aliphatic heterocycles. The summed E-state index contributed by atoms with van der Waals surface area (Å²) in [6.45, 7) is 4.78. The van der Waals surface area contributed by atoms with E-state index >= 15 is 0 Å². The van der Waals surface area contributed by atoms with Gasteiger partial charge in [0.25, 0.3) is 0 Å². The molecule has 7 heteroatoms. The minimum atomic E-state index is -3.27. The van der Waals surface area contributed by atoms with E-state index in [1.165, 1.54) is 0 Å². The van der Waals surface area contributed by atoms with E-state index < -0.39 is 20.8 Å². The summed E-state index contributed by atoms with van der Waals surface area (Å²) >= 11 is 0. The van der Waals surface area contributed by atoms with E-state index in [1.54, 1.807) is 13.8 Å². The lowest BCUT2D eigenvalue weighted by molar-refractivity contribution is 0.0987. The Morgan fingerprint density at radius 2 is 2.12 bits per heavy atom. The van der Waals surface area contributed by atoms with Crippen LogP contribution in [0.1, 0.15) is 26.7 Å². The highest BCUT2D eigenvalue weighted by atomic mass is 35.5. The van der Waals surface area contributed by atoms with Gasteiger partial charge in [-0.1, -0.05) is 0 Å². The fourth-order valence-corrected chi connectivity index (χ4v) is 2.92. The van der Waals surface area contributed by atoms with Crippen molar-refractivity contribution in [3.05, 3.63) is 0 Å². The lowest BCUT2D eigenvalue weighted by Crippen LogP contribution is -2.48. The summed E-state index contributed by atoms with van der Waals surface area (Å²) in [5, 5.41) is -0.423. The van der Waals surface area contributed by atoms with Crippen molar-refractivity contribution in [2.45, 2.75) is 37.5 Å². The van der Waals surface area contributed by atoms with E-state index in [4.69, 9.17) is 10.5 Å². The van der Waals surface area contributed by atoms with E-state index in [0.29, 0.717) is 19.6 Å². The molecule has 1 atom stereocenters. The Labute approximate surface area is 104 Å². The normalized spacial score (nSPS) is 22.6. The summed E-state index contributed by atoms with van der Waals surface area (Å²) in [7, 11) is -3.27. The Kier molecular flexibility index (Phi) is 6.21. The first-order chi connectivity index (χ1) is 6.81. The monoisotopic (exact) mass is 272 g/mol. The molecule has 16 heavy (non-hydrogen) atoms. The van der Waals surface area contributed by atoms with E-state index in [0.717, 1.165) is 6.42 Å². The van der Waals surface area contributed by atoms with E-state index in [9.17, 15) is 8.42 Å². The summed E-state index contributed by atoms with van der Waals surface area (Å²) < 4.78 is 31.3. The van der Waals surface area contributed by atoms with Crippen LogP contribution in [0.5, 0.6) is 0 Å². The number of sulfonamides is 1. The van der Waals surface area contributed by atoms with Gasteiger partial charge in [-0.25, -0.2) is 13.1 Å². The fraction of sp³-hybridized carbons (Fsp3) is 1.00. The molecule has 0 spiro atoms. The zero-order valence-electron chi connectivity index (χ0n) is 9.73. The van der Waals surface area contributed by atoms with Crippen molar-refractivity contribution in [3.63, 3.8) is 0 Å². The minimum absolute atomic E-state index is 0. The number of hydrogen-bond donors (Lipinski definition) is 2. The average molecular weight is 273 g/mol. The first-order valence-electron chi connectivity index (χ1n) is 5.16. The van der Waals surface area contributed by atoms with Crippen molar-refractivity contribution in [3.8, 4) is 0 Å². The molecule has 0 bridgehead atoms. The molecule has 3 N–H and O–H groups in total. The summed E-state index contributed by atoms with van der Waals surface area (Å²) in [6, 6.07) is 0. The van der Waals surface area contributed by atoms with Crippen LogP contribution in [-0.4, -0.2) is 39.0 Å². The van der Waals surface area contributed by atoms with Gasteiger partial charge in [-0.2, -0.15) is 0 Å². The van der Waals surface area contributed by atoms with Gasteiger partial charge in [0.1, 0.15) is 0 Å². The Hall–Kier alpha value is 0.120. The molecule has 1 saturated heterocycles. The molecule has 1 fully saturated rings. The molecule has 0 radical (unpaired) electrons. The largest absolute Gasteiger partial charge is 0.380 e. The zero-order chi connectivity index (χ0) is 11.5. The number of nitrogens with one attached hydrogen (secondary N) is 1. The Bertz CT molecular complexity index is 294. The molecule has 0 saturated carbocycles. The second-order valence-electron chi connectivity index (χ2n) is 4.69. The van der Waals surface area contributed by atoms with Crippen LogP contribution < -0.4 is 10.5 Å². The quantitative estimate of drug-likeness (QED) is 0.768. The van der Waals surface area contributed by atoms with Crippen LogP contribution in [-0.2, 0) is 14.8 Å². The van der Waals surface area contributed by atoms with Crippen molar-refractivity contribution in [1.29, 1.82) is 0 Å². The molecule has 0 aromatic heterocycles. The second-order valence-corrected chi connectivity index (χ2v) is 6.74. The standard InChI is InChI=1S/C9H20N2O3S.ClH/c1-9(2,10)7-11-15(12,13)8-4-3-5-14-6-8;/h8,11H,3-7,10H2,1-2H3;1H. The van der Waals surface area contributed by atoms with Gasteiger partial charge in [0.05, 0.1) is 11.9 Å². The third-order valence-electron chi connectivity index (χ3n) is 2.29. The van der Waals surface area contributed by atoms with Crippen LogP contribution in [0.15, 0.2) is 0 Å². The molecule has 1 unspecified atom stereocenters. The van der Waals surface area contributed by atoms with Crippen LogP contribution >= 0.6 is 12.4 Å². The lowest BCUT2D eigenvalue weighted by Gasteiger charge is -2.25. The zero-order valence-corrected chi connectivity index (χ0v) is 11.4. The van der Waals surface area contributed by atoms with Gasteiger partial charge in [-0.05, 0) is 26.7 Å². The van der Waals surface area contributed by atoms with Crippen LogP contribution in [0.25, 0.3) is 0 Å². The molecular weight excluding hydrogens is 252 g/mol. The molecule has 1 aliphatic rings. The maximum absolute atomic E-state index is 11.8. The lowest BCUT2D eigenvalue weighted by atomic mass is 10.1. The number of hydrogen-bond acceptors (Lipinski definition) is 4. The molecule has 5 nitrogen and oxygen atoms in total. The molecule has 0 aromatic carbocycles. The molecule has 0 amide bonds. The molecule has 0 aromatic rings. The van der Waals surface area contributed by atoms with Crippen molar-refractivity contribution in [1.82, 2.24) is 4.72 Å². The number of nitrogens with two attached hydrogens (primary N) is 1. The Morgan fingerprint density at radius 3 is 2.56 bits per heavy atom. The van der Waals surface area contributed by atoms with Crippen LogP contribution in [0.2, 0.25) is 0 Å². The molecule has 0 aliphatic carbocycles. The fourth-order valence-electron chi connectivity index (χ4n) is 1.36. The van der Waals surface area contributed by atoms with E-state index in [-0.39, 0.29) is 19.0 Å². The highest BCUT2D eigenvalue weighted by Crippen LogP contribution is 2.13. The van der Waals surface area contributed by atoms with Crippen LogP contribution in [0, 0.1) is 0 Å². The smallest absolute Gasteiger partial charge is 0.216 e. The van der Waals surface area contributed by atoms with Crippen molar-refractivity contribution < 1.29 is 13.2 Å². The Morgan fingerprint density at radius 1 is 1.50 bits per heavy atom. The number of ether oxygens (including phenoxy) is 1. The highest BCUT2D eigenvalue weighted by Gasteiger charge is 2.28. The summed E-state index contributed by atoms with van der Waals surface area (Å²) in [5.41, 5.74) is 5.19. The first kappa shape index (κ1) is 16.1. The SMILES string of the molecule is CC(C)(N)CNS(=O)(=O)C1CCCOC1.Cl. The van der Waals surface area contributed by atoms with Gasteiger partial charge in [0.2, 0.25) is 10.0 Å². The van der Waals surface area contributed by atoms with Gasteiger partial charge >= 0.3 is 0 Å². The number of halogens is 1. The Balaban J connectivity index is 0.00000225. The molecular formula is C9H21ClN2O3S. The highest BCUT2D eigenvalue weighted by molar-refractivity contribution is 7.90. The van der Waals surface area contributed by atoms with E-state index in [2.05, 4.69) is 4.72 Å². The maximum Gasteiger partial charge on any atom is 0.216 e.